The SMILES string of the molecule is CCCc1cc(C2CCCCC2)ccc1O. The summed E-state index contributed by atoms with van der Waals surface area (Å²) in [7, 11) is 0. The number of benzene rings is 1. The zero-order chi connectivity index (χ0) is 11.4. The lowest BCUT2D eigenvalue weighted by Crippen LogP contribution is -2.04. The second-order valence-corrected chi connectivity index (χ2v) is 4.97. The van der Waals surface area contributed by atoms with Crippen LogP contribution in [0.15, 0.2) is 18.2 Å². The van der Waals surface area contributed by atoms with Gasteiger partial charge in [0, 0.05) is 0 Å². The first-order chi connectivity index (χ1) is 7.81. The van der Waals surface area contributed by atoms with Crippen molar-refractivity contribution in [3.8, 4) is 5.75 Å². The Labute approximate surface area is 98.5 Å². The van der Waals surface area contributed by atoms with Gasteiger partial charge < -0.3 is 5.11 Å². The second kappa shape index (κ2) is 5.38. The fourth-order valence-corrected chi connectivity index (χ4v) is 2.76. The van der Waals surface area contributed by atoms with Gasteiger partial charge in [-0.05, 0) is 42.4 Å². The molecule has 0 amide bonds. The molecule has 0 bridgehead atoms. The minimum atomic E-state index is 0.474. The van der Waals surface area contributed by atoms with Crippen molar-refractivity contribution in [3.63, 3.8) is 0 Å². The molecule has 1 saturated carbocycles. The number of hydrogen-bond donors (Lipinski definition) is 1. The third-order valence-electron chi connectivity index (χ3n) is 3.70. The van der Waals surface area contributed by atoms with Crippen molar-refractivity contribution in [1.29, 1.82) is 0 Å². The lowest BCUT2D eigenvalue weighted by molar-refractivity contribution is 0.440. The van der Waals surface area contributed by atoms with Crippen LogP contribution >= 0.6 is 0 Å². The molecule has 1 fully saturated rings. The van der Waals surface area contributed by atoms with Crippen LogP contribution < -0.4 is 0 Å². The summed E-state index contributed by atoms with van der Waals surface area (Å²) in [6, 6.07) is 6.23. The first-order valence-corrected chi connectivity index (χ1v) is 6.63. The van der Waals surface area contributed by atoms with E-state index in [0.717, 1.165) is 24.3 Å². The Morgan fingerprint density at radius 1 is 1.19 bits per heavy atom. The average molecular weight is 218 g/mol. The Bertz CT molecular complexity index is 337. The zero-order valence-electron chi connectivity index (χ0n) is 10.2. The maximum Gasteiger partial charge on any atom is 0.118 e. The fraction of sp³-hybridized carbons (Fsp3) is 0.600. The number of phenols is 1. The lowest BCUT2D eigenvalue weighted by atomic mass is 9.83. The van der Waals surface area contributed by atoms with Gasteiger partial charge in [-0.3, -0.25) is 0 Å². The van der Waals surface area contributed by atoms with E-state index in [1.165, 1.54) is 37.7 Å². The van der Waals surface area contributed by atoms with Crippen LogP contribution in [0.2, 0.25) is 0 Å². The van der Waals surface area contributed by atoms with Crippen LogP contribution in [0.4, 0.5) is 0 Å². The Morgan fingerprint density at radius 3 is 2.62 bits per heavy atom. The molecule has 0 unspecified atom stereocenters. The van der Waals surface area contributed by atoms with Crippen molar-refractivity contribution < 1.29 is 5.11 Å². The van der Waals surface area contributed by atoms with Crippen LogP contribution in [-0.2, 0) is 6.42 Å². The molecule has 1 nitrogen and oxygen atoms in total. The van der Waals surface area contributed by atoms with E-state index in [0.29, 0.717) is 5.75 Å². The molecule has 16 heavy (non-hydrogen) atoms. The number of hydrogen-bond acceptors (Lipinski definition) is 1. The van der Waals surface area contributed by atoms with Crippen LogP contribution in [0.3, 0.4) is 0 Å². The van der Waals surface area contributed by atoms with E-state index in [1.807, 2.05) is 6.07 Å². The highest BCUT2D eigenvalue weighted by Gasteiger charge is 2.16. The van der Waals surface area contributed by atoms with E-state index in [1.54, 1.807) is 0 Å². The van der Waals surface area contributed by atoms with Gasteiger partial charge in [-0.2, -0.15) is 0 Å². The number of aromatic hydroxyl groups is 1. The van der Waals surface area contributed by atoms with Gasteiger partial charge in [0.1, 0.15) is 5.75 Å². The van der Waals surface area contributed by atoms with Crippen LogP contribution in [0, 0.1) is 0 Å². The van der Waals surface area contributed by atoms with Gasteiger partial charge in [0.2, 0.25) is 0 Å². The van der Waals surface area contributed by atoms with Crippen molar-refractivity contribution >= 4 is 0 Å². The van der Waals surface area contributed by atoms with Crippen LogP contribution in [0.25, 0.3) is 0 Å². The zero-order valence-corrected chi connectivity index (χ0v) is 10.2. The number of rotatable bonds is 3. The highest BCUT2D eigenvalue weighted by Crippen LogP contribution is 2.34. The minimum absolute atomic E-state index is 0.474. The predicted octanol–water partition coefficient (Wildman–Crippen LogP) is 4.39. The van der Waals surface area contributed by atoms with Gasteiger partial charge in [-0.1, -0.05) is 44.7 Å². The lowest BCUT2D eigenvalue weighted by Gasteiger charge is -2.22. The highest BCUT2D eigenvalue weighted by atomic mass is 16.3. The van der Waals surface area contributed by atoms with Gasteiger partial charge >= 0.3 is 0 Å². The molecule has 2 rings (SSSR count). The molecule has 0 spiro atoms. The topological polar surface area (TPSA) is 20.2 Å². The van der Waals surface area contributed by atoms with E-state index in [9.17, 15) is 5.11 Å². The quantitative estimate of drug-likeness (QED) is 0.797. The molecule has 0 aliphatic heterocycles. The third kappa shape index (κ3) is 2.58. The van der Waals surface area contributed by atoms with E-state index < -0.39 is 0 Å². The Kier molecular flexibility index (Phi) is 3.87. The normalized spacial score (nSPS) is 17.6. The van der Waals surface area contributed by atoms with Crippen LogP contribution in [-0.4, -0.2) is 5.11 Å². The molecule has 1 aromatic rings. The Balaban J connectivity index is 2.17. The Hall–Kier alpha value is -0.980. The summed E-state index contributed by atoms with van der Waals surface area (Å²) in [6.07, 6.45) is 8.89. The highest BCUT2D eigenvalue weighted by molar-refractivity contribution is 5.37. The molecule has 1 aromatic carbocycles. The molecule has 1 heteroatoms. The van der Waals surface area contributed by atoms with E-state index in [4.69, 9.17) is 0 Å². The summed E-state index contributed by atoms with van der Waals surface area (Å²) in [5, 5.41) is 9.76. The Morgan fingerprint density at radius 2 is 1.94 bits per heavy atom. The molecule has 0 saturated heterocycles. The minimum Gasteiger partial charge on any atom is -0.508 e. The van der Waals surface area contributed by atoms with Crippen molar-refractivity contribution in [1.82, 2.24) is 0 Å². The van der Waals surface area contributed by atoms with E-state index in [-0.39, 0.29) is 0 Å². The molecule has 0 radical (unpaired) electrons. The predicted molar refractivity (Wildman–Crippen MR) is 67.9 cm³/mol. The summed E-state index contributed by atoms with van der Waals surface area (Å²) in [5.41, 5.74) is 2.58. The molecule has 0 heterocycles. The van der Waals surface area contributed by atoms with Gasteiger partial charge in [-0.15, -0.1) is 0 Å². The fourth-order valence-electron chi connectivity index (χ4n) is 2.76. The van der Waals surface area contributed by atoms with Crippen molar-refractivity contribution in [2.24, 2.45) is 0 Å². The molecular formula is C15H22O. The van der Waals surface area contributed by atoms with E-state index >= 15 is 0 Å². The summed E-state index contributed by atoms with van der Waals surface area (Å²) in [6.45, 7) is 2.16. The third-order valence-corrected chi connectivity index (χ3v) is 3.70. The molecule has 0 atom stereocenters. The largest absolute Gasteiger partial charge is 0.508 e. The summed E-state index contributed by atoms with van der Waals surface area (Å²) < 4.78 is 0. The summed E-state index contributed by atoms with van der Waals surface area (Å²) in [4.78, 5) is 0. The summed E-state index contributed by atoms with van der Waals surface area (Å²) in [5.74, 6) is 1.21. The first kappa shape index (κ1) is 11.5. The second-order valence-electron chi connectivity index (χ2n) is 4.97. The average Bonchev–Trinajstić information content (AvgIpc) is 2.33. The van der Waals surface area contributed by atoms with Crippen LogP contribution in [0.1, 0.15) is 62.5 Å². The van der Waals surface area contributed by atoms with Gasteiger partial charge in [0.25, 0.3) is 0 Å². The maximum atomic E-state index is 9.76. The summed E-state index contributed by atoms with van der Waals surface area (Å²) >= 11 is 0. The number of phenolic OH excluding ortho intramolecular Hbond substituents is 1. The monoisotopic (exact) mass is 218 g/mol. The molecular weight excluding hydrogens is 196 g/mol. The smallest absolute Gasteiger partial charge is 0.118 e. The molecule has 88 valence electrons. The maximum absolute atomic E-state index is 9.76. The van der Waals surface area contributed by atoms with Gasteiger partial charge in [0.05, 0.1) is 0 Å². The standard InChI is InChI=1S/C15H22O/c1-2-6-14-11-13(9-10-15(14)16)12-7-4-3-5-8-12/h9-12,16H,2-8H2,1H3. The number of aryl methyl sites for hydroxylation is 1. The van der Waals surface area contributed by atoms with Gasteiger partial charge in [-0.25, -0.2) is 0 Å². The van der Waals surface area contributed by atoms with Gasteiger partial charge in [0.15, 0.2) is 0 Å². The van der Waals surface area contributed by atoms with Crippen molar-refractivity contribution in [2.45, 2.75) is 57.8 Å². The molecule has 1 aliphatic carbocycles. The van der Waals surface area contributed by atoms with Crippen LogP contribution in [0.5, 0.6) is 5.75 Å². The molecule has 1 aliphatic rings. The van der Waals surface area contributed by atoms with E-state index in [2.05, 4.69) is 19.1 Å². The first-order valence-electron chi connectivity index (χ1n) is 6.63. The molecule has 1 N–H and O–H groups in total. The molecule has 0 aromatic heterocycles. The van der Waals surface area contributed by atoms with Crippen molar-refractivity contribution in [2.75, 3.05) is 0 Å². The van der Waals surface area contributed by atoms with Crippen molar-refractivity contribution in [3.05, 3.63) is 29.3 Å².